The van der Waals surface area contributed by atoms with Crippen molar-refractivity contribution in [2.24, 2.45) is 0 Å². The van der Waals surface area contributed by atoms with Crippen LogP contribution in [0.5, 0.6) is 0 Å². The summed E-state index contributed by atoms with van der Waals surface area (Å²) in [7, 11) is 0. The van der Waals surface area contributed by atoms with Gasteiger partial charge in [-0.25, -0.2) is 0 Å². The van der Waals surface area contributed by atoms with Gasteiger partial charge in [0.1, 0.15) is 0 Å². The standard InChI is InChI=1S/C6H2F3I2/c7-3-1-2-4(11-10)6(9)5(3)8/h1-2H/q-1. The minimum atomic E-state index is -1.36. The van der Waals surface area contributed by atoms with Gasteiger partial charge in [-0.1, -0.05) is 0 Å². The Hall–Kier alpha value is 0.470. The van der Waals surface area contributed by atoms with E-state index in [-0.39, 0.29) is 0 Å². The number of rotatable bonds is 1. The van der Waals surface area contributed by atoms with Crippen LogP contribution in [0.4, 0.5) is 13.2 Å². The van der Waals surface area contributed by atoms with Crippen molar-refractivity contribution in [3.63, 3.8) is 0 Å². The fourth-order valence-corrected chi connectivity index (χ4v) is 3.40. The Labute approximate surface area is 81.6 Å². The van der Waals surface area contributed by atoms with Crippen LogP contribution in [0.15, 0.2) is 12.1 Å². The molecule has 1 rings (SSSR count). The van der Waals surface area contributed by atoms with Gasteiger partial charge in [0, 0.05) is 0 Å². The molecule has 0 heterocycles. The van der Waals surface area contributed by atoms with Crippen LogP contribution in [0.1, 0.15) is 0 Å². The van der Waals surface area contributed by atoms with Crippen LogP contribution in [0.25, 0.3) is 0 Å². The number of hydrogen-bond acceptors (Lipinski definition) is 0. The summed E-state index contributed by atoms with van der Waals surface area (Å²) in [5, 5.41) is 0. The minimum absolute atomic E-state index is 0.295. The second-order valence-electron chi connectivity index (χ2n) is 1.73. The van der Waals surface area contributed by atoms with Gasteiger partial charge >= 0.3 is 82.2 Å². The topological polar surface area (TPSA) is 0 Å². The Morgan fingerprint density at radius 1 is 1.09 bits per heavy atom. The second-order valence-corrected chi connectivity index (χ2v) is 6.03. The predicted octanol–water partition coefficient (Wildman–Crippen LogP) is -0.287. The molecule has 0 aliphatic carbocycles. The average molecular weight is 385 g/mol. The SMILES string of the molecule is Fc1ccc([I-]I)c(F)c1F. The van der Waals surface area contributed by atoms with Crippen LogP contribution in [-0.2, 0) is 0 Å². The molecule has 0 aromatic heterocycles. The molecule has 0 aliphatic heterocycles. The van der Waals surface area contributed by atoms with Crippen molar-refractivity contribution >= 4 is 18.6 Å². The summed E-state index contributed by atoms with van der Waals surface area (Å²) >= 11 is 1.43. The van der Waals surface area contributed by atoms with Crippen LogP contribution in [-0.4, -0.2) is 0 Å². The molecule has 0 N–H and O–H groups in total. The Balaban J connectivity index is 3.25. The first-order chi connectivity index (χ1) is 5.16. The van der Waals surface area contributed by atoms with Gasteiger partial charge in [-0.05, 0) is 0 Å². The number of benzene rings is 1. The first-order valence-electron chi connectivity index (χ1n) is 2.56. The molecule has 0 radical (unpaired) electrons. The molecule has 1 aromatic carbocycles. The number of halogens is 5. The van der Waals surface area contributed by atoms with E-state index in [0.29, 0.717) is 3.57 Å². The third-order valence-corrected chi connectivity index (χ3v) is 5.28. The van der Waals surface area contributed by atoms with Gasteiger partial charge in [-0.2, -0.15) is 0 Å². The van der Waals surface area contributed by atoms with Gasteiger partial charge in [0.05, 0.1) is 0 Å². The van der Waals surface area contributed by atoms with Gasteiger partial charge in [0.25, 0.3) is 0 Å². The summed E-state index contributed by atoms with van der Waals surface area (Å²) < 4.78 is 37.7. The summed E-state index contributed by atoms with van der Waals surface area (Å²) in [5.41, 5.74) is 0. The fourth-order valence-electron chi connectivity index (χ4n) is 0.558. The van der Waals surface area contributed by atoms with Crippen molar-refractivity contribution in [2.45, 2.75) is 0 Å². The summed E-state index contributed by atoms with van der Waals surface area (Å²) in [5.74, 6) is -3.52. The van der Waals surface area contributed by atoms with Crippen molar-refractivity contribution in [3.05, 3.63) is 33.2 Å². The van der Waals surface area contributed by atoms with Crippen LogP contribution in [0, 0.1) is 21.0 Å². The van der Waals surface area contributed by atoms with Crippen molar-refractivity contribution in [3.8, 4) is 0 Å². The van der Waals surface area contributed by atoms with Gasteiger partial charge in [0.15, 0.2) is 0 Å². The maximum atomic E-state index is 12.7. The molecule has 0 fully saturated rings. The Morgan fingerprint density at radius 3 is 2.27 bits per heavy atom. The fraction of sp³-hybridized carbons (Fsp3) is 0. The average Bonchev–Trinajstić information content (AvgIpc) is 2.01. The molecule has 0 atom stereocenters. The van der Waals surface area contributed by atoms with Crippen molar-refractivity contribution < 1.29 is 30.4 Å². The van der Waals surface area contributed by atoms with Crippen LogP contribution in [0.2, 0.25) is 0 Å². The molecule has 0 spiro atoms. The molecule has 11 heavy (non-hydrogen) atoms. The van der Waals surface area contributed by atoms with E-state index < -0.39 is 34.7 Å². The van der Waals surface area contributed by atoms with Crippen LogP contribution in [0.3, 0.4) is 0 Å². The first-order valence-corrected chi connectivity index (χ1v) is 9.92. The van der Waals surface area contributed by atoms with E-state index in [1.54, 1.807) is 0 Å². The molecule has 0 unspecified atom stereocenters. The summed E-state index contributed by atoms with van der Waals surface area (Å²) in [6.45, 7) is 0. The Morgan fingerprint density at radius 2 is 1.73 bits per heavy atom. The molecule has 0 nitrogen and oxygen atoms in total. The van der Waals surface area contributed by atoms with Gasteiger partial charge < -0.3 is 0 Å². The molecular weight excluding hydrogens is 383 g/mol. The molecule has 0 saturated carbocycles. The van der Waals surface area contributed by atoms with Crippen molar-refractivity contribution in [1.82, 2.24) is 0 Å². The van der Waals surface area contributed by atoms with Gasteiger partial charge in [0.2, 0.25) is 0 Å². The summed E-state index contributed by atoms with van der Waals surface area (Å²) in [6.07, 6.45) is 0. The number of hydrogen-bond donors (Lipinski definition) is 0. The van der Waals surface area contributed by atoms with Crippen molar-refractivity contribution in [1.29, 1.82) is 0 Å². The maximum absolute atomic E-state index is 12.7. The molecule has 0 bridgehead atoms. The third-order valence-electron chi connectivity index (χ3n) is 1.07. The Kier molecular flexibility index (Phi) is 3.41. The van der Waals surface area contributed by atoms with Crippen LogP contribution < -0.4 is 17.2 Å². The molecule has 0 saturated heterocycles. The zero-order valence-electron chi connectivity index (χ0n) is 5.04. The predicted molar refractivity (Wildman–Crippen MR) is 39.0 cm³/mol. The monoisotopic (exact) mass is 385 g/mol. The second kappa shape index (κ2) is 3.92. The van der Waals surface area contributed by atoms with E-state index in [1.165, 1.54) is 6.07 Å². The molecular formula is C6H2F3I2-. The van der Waals surface area contributed by atoms with E-state index >= 15 is 0 Å². The quantitative estimate of drug-likeness (QED) is 0.355. The molecule has 0 aliphatic rings. The van der Waals surface area contributed by atoms with E-state index in [9.17, 15) is 13.2 Å². The zero-order chi connectivity index (χ0) is 8.43. The van der Waals surface area contributed by atoms with E-state index in [1.807, 2.05) is 18.6 Å². The third kappa shape index (κ3) is 1.98. The van der Waals surface area contributed by atoms with Crippen LogP contribution >= 0.6 is 18.6 Å². The van der Waals surface area contributed by atoms with Gasteiger partial charge in [-0.3, -0.25) is 0 Å². The molecule has 1 aromatic rings. The molecule has 5 heteroatoms. The van der Waals surface area contributed by atoms with E-state index in [4.69, 9.17) is 0 Å². The summed E-state index contributed by atoms with van der Waals surface area (Å²) in [4.78, 5) is 0. The van der Waals surface area contributed by atoms with Crippen molar-refractivity contribution in [2.75, 3.05) is 0 Å². The van der Waals surface area contributed by atoms with E-state index in [0.717, 1.165) is 6.07 Å². The van der Waals surface area contributed by atoms with Gasteiger partial charge in [-0.15, -0.1) is 0 Å². The molecule has 62 valence electrons. The summed E-state index contributed by atoms with van der Waals surface area (Å²) in [6, 6.07) is 2.24. The first kappa shape index (κ1) is 9.56. The normalized spacial score (nSPS) is 10.5. The van der Waals surface area contributed by atoms with E-state index in [2.05, 4.69) is 0 Å². The Bertz CT molecular complexity index is 275. The zero-order valence-corrected chi connectivity index (χ0v) is 9.36. The molecule has 0 amide bonds.